The highest BCUT2D eigenvalue weighted by Gasteiger charge is 2.49. The zero-order valence-corrected chi connectivity index (χ0v) is 17.3. The van der Waals surface area contributed by atoms with Gasteiger partial charge in [0, 0.05) is 45.3 Å². The number of carbonyl (C=O) groups is 1. The van der Waals surface area contributed by atoms with Crippen molar-refractivity contribution in [2.45, 2.75) is 12.8 Å². The molecule has 8 heteroatoms. The van der Waals surface area contributed by atoms with E-state index in [1.165, 1.54) is 0 Å². The number of benzene rings is 1. The Hall–Kier alpha value is -3.42. The highest BCUT2D eigenvalue weighted by atomic mass is 16.5. The van der Waals surface area contributed by atoms with Crippen molar-refractivity contribution in [3.8, 4) is 5.75 Å². The molecule has 0 radical (unpaired) electrons. The maximum atomic E-state index is 13.3. The molecule has 2 aromatic heterocycles. The second-order valence-electron chi connectivity index (χ2n) is 7.76. The van der Waals surface area contributed by atoms with E-state index in [9.17, 15) is 4.79 Å². The van der Waals surface area contributed by atoms with E-state index in [4.69, 9.17) is 4.74 Å². The molecule has 30 heavy (non-hydrogen) atoms. The SMILES string of the molecule is COc1cccc(CC2(C(=O)NCCc3cnn(C)c3)CN(c3cnccn3)C2)c1. The number of ether oxygens (including phenoxy) is 1. The molecule has 0 atom stereocenters. The molecule has 3 heterocycles. The van der Waals surface area contributed by atoms with Crippen molar-refractivity contribution in [2.75, 3.05) is 31.6 Å². The van der Waals surface area contributed by atoms with Crippen LogP contribution in [0.1, 0.15) is 11.1 Å². The second-order valence-corrected chi connectivity index (χ2v) is 7.76. The van der Waals surface area contributed by atoms with Crippen LogP contribution in [0.25, 0.3) is 0 Å². The number of nitrogens with one attached hydrogen (secondary N) is 1. The summed E-state index contributed by atoms with van der Waals surface area (Å²) in [7, 11) is 3.54. The van der Waals surface area contributed by atoms with Crippen LogP contribution in [0, 0.1) is 5.41 Å². The quantitative estimate of drug-likeness (QED) is 0.612. The molecule has 0 aliphatic carbocycles. The molecule has 1 aromatic carbocycles. The summed E-state index contributed by atoms with van der Waals surface area (Å²) in [5.74, 6) is 1.65. The fraction of sp³-hybridized carbons (Fsp3) is 0.364. The summed E-state index contributed by atoms with van der Waals surface area (Å²) in [4.78, 5) is 23.9. The number of anilines is 1. The molecule has 156 valence electrons. The molecule has 3 aromatic rings. The first kappa shape index (κ1) is 19.9. The highest BCUT2D eigenvalue weighted by molar-refractivity contribution is 5.86. The molecule has 1 aliphatic heterocycles. The van der Waals surface area contributed by atoms with E-state index in [1.807, 2.05) is 43.7 Å². The van der Waals surface area contributed by atoms with Gasteiger partial charge in [-0.2, -0.15) is 5.10 Å². The van der Waals surface area contributed by atoms with Crippen molar-refractivity contribution in [2.24, 2.45) is 12.5 Å². The zero-order chi connectivity index (χ0) is 21.0. The van der Waals surface area contributed by atoms with Crippen LogP contribution in [-0.2, 0) is 24.7 Å². The summed E-state index contributed by atoms with van der Waals surface area (Å²) in [6.45, 7) is 1.78. The Morgan fingerprint density at radius 3 is 2.80 bits per heavy atom. The van der Waals surface area contributed by atoms with Crippen LogP contribution in [0.3, 0.4) is 0 Å². The van der Waals surface area contributed by atoms with E-state index < -0.39 is 5.41 Å². The summed E-state index contributed by atoms with van der Waals surface area (Å²) in [6.07, 6.45) is 10.2. The lowest BCUT2D eigenvalue weighted by Gasteiger charge is -2.49. The van der Waals surface area contributed by atoms with Crippen LogP contribution in [0.15, 0.2) is 55.2 Å². The van der Waals surface area contributed by atoms with Gasteiger partial charge in [-0.25, -0.2) is 4.98 Å². The topological polar surface area (TPSA) is 85.2 Å². The number of hydrogen-bond acceptors (Lipinski definition) is 6. The van der Waals surface area contributed by atoms with Crippen LogP contribution in [0.4, 0.5) is 5.82 Å². The molecular weight excluding hydrogens is 380 g/mol. The van der Waals surface area contributed by atoms with Crippen molar-refractivity contribution >= 4 is 11.7 Å². The fourth-order valence-corrected chi connectivity index (χ4v) is 3.92. The van der Waals surface area contributed by atoms with Gasteiger partial charge >= 0.3 is 0 Å². The number of methoxy groups -OCH3 is 1. The predicted molar refractivity (Wildman–Crippen MR) is 113 cm³/mol. The van der Waals surface area contributed by atoms with Crippen LogP contribution >= 0.6 is 0 Å². The van der Waals surface area contributed by atoms with E-state index in [2.05, 4.69) is 25.3 Å². The molecule has 0 bridgehead atoms. The molecule has 1 N–H and O–H groups in total. The third-order valence-electron chi connectivity index (χ3n) is 5.48. The summed E-state index contributed by atoms with van der Waals surface area (Å²) in [5.41, 5.74) is 1.67. The maximum absolute atomic E-state index is 13.3. The Morgan fingerprint density at radius 2 is 2.10 bits per heavy atom. The van der Waals surface area contributed by atoms with Crippen LogP contribution in [0.5, 0.6) is 5.75 Å². The number of rotatable bonds is 8. The Balaban J connectivity index is 1.46. The average Bonchev–Trinajstić information content (AvgIpc) is 3.16. The summed E-state index contributed by atoms with van der Waals surface area (Å²) >= 11 is 0. The number of nitrogens with zero attached hydrogens (tertiary/aromatic N) is 5. The fourth-order valence-electron chi connectivity index (χ4n) is 3.92. The molecule has 1 amide bonds. The van der Waals surface area contributed by atoms with E-state index in [-0.39, 0.29) is 5.91 Å². The lowest BCUT2D eigenvalue weighted by atomic mass is 9.73. The van der Waals surface area contributed by atoms with Gasteiger partial charge in [0.15, 0.2) is 0 Å². The molecule has 8 nitrogen and oxygen atoms in total. The lowest BCUT2D eigenvalue weighted by Crippen LogP contribution is -2.64. The Labute approximate surface area is 175 Å². The van der Waals surface area contributed by atoms with Gasteiger partial charge in [0.05, 0.1) is 24.9 Å². The molecule has 0 spiro atoms. The Bertz CT molecular complexity index is 998. The summed E-state index contributed by atoms with van der Waals surface area (Å²) < 4.78 is 7.12. The van der Waals surface area contributed by atoms with Crippen LogP contribution in [0.2, 0.25) is 0 Å². The lowest BCUT2D eigenvalue weighted by molar-refractivity contribution is -0.132. The Kier molecular flexibility index (Phi) is 5.65. The van der Waals surface area contributed by atoms with Crippen LogP contribution in [-0.4, -0.2) is 52.4 Å². The van der Waals surface area contributed by atoms with Gasteiger partial charge in [0.1, 0.15) is 11.6 Å². The minimum Gasteiger partial charge on any atom is -0.497 e. The minimum absolute atomic E-state index is 0.0642. The first-order chi connectivity index (χ1) is 14.6. The van der Waals surface area contributed by atoms with Gasteiger partial charge in [0.25, 0.3) is 0 Å². The molecule has 1 aliphatic rings. The second kappa shape index (κ2) is 8.52. The smallest absolute Gasteiger partial charge is 0.230 e. The molecule has 0 saturated carbocycles. The number of carbonyl (C=O) groups excluding carboxylic acids is 1. The van der Waals surface area contributed by atoms with Gasteiger partial charge in [-0.05, 0) is 36.1 Å². The van der Waals surface area contributed by atoms with Crippen LogP contribution < -0.4 is 15.0 Å². The molecule has 4 rings (SSSR count). The van der Waals surface area contributed by atoms with E-state index >= 15 is 0 Å². The average molecular weight is 406 g/mol. The van der Waals surface area contributed by atoms with Gasteiger partial charge in [0.2, 0.25) is 5.91 Å². The third-order valence-corrected chi connectivity index (χ3v) is 5.48. The van der Waals surface area contributed by atoms with Gasteiger partial charge < -0.3 is 15.0 Å². The molecule has 0 unspecified atom stereocenters. The van der Waals surface area contributed by atoms with Crippen molar-refractivity contribution in [1.29, 1.82) is 0 Å². The maximum Gasteiger partial charge on any atom is 0.230 e. The van der Waals surface area contributed by atoms with Crippen molar-refractivity contribution in [3.63, 3.8) is 0 Å². The highest BCUT2D eigenvalue weighted by Crippen LogP contribution is 2.37. The third kappa shape index (κ3) is 4.27. The zero-order valence-electron chi connectivity index (χ0n) is 17.3. The van der Waals surface area contributed by atoms with Crippen molar-refractivity contribution in [1.82, 2.24) is 25.1 Å². The van der Waals surface area contributed by atoms with Gasteiger partial charge in [-0.15, -0.1) is 0 Å². The number of aryl methyl sites for hydroxylation is 1. The normalized spacial score (nSPS) is 14.8. The van der Waals surface area contributed by atoms with Crippen molar-refractivity contribution < 1.29 is 9.53 Å². The minimum atomic E-state index is -0.515. The largest absolute Gasteiger partial charge is 0.497 e. The first-order valence-electron chi connectivity index (χ1n) is 9.98. The van der Waals surface area contributed by atoms with E-state index in [0.717, 1.165) is 29.1 Å². The van der Waals surface area contributed by atoms with Crippen molar-refractivity contribution in [3.05, 3.63) is 66.4 Å². The van der Waals surface area contributed by atoms with Gasteiger partial charge in [-0.1, -0.05) is 12.1 Å². The number of amides is 1. The molecule has 1 fully saturated rings. The summed E-state index contributed by atoms with van der Waals surface area (Å²) in [6, 6.07) is 7.91. The first-order valence-corrected chi connectivity index (χ1v) is 9.98. The van der Waals surface area contributed by atoms with E-state index in [1.54, 1.807) is 30.4 Å². The monoisotopic (exact) mass is 406 g/mol. The number of aromatic nitrogens is 4. The standard InChI is InChI=1S/C22H26N6O2/c1-27-14-18(12-26-27)6-7-25-21(29)22(11-17-4-3-5-19(10-17)30-2)15-28(16-22)20-13-23-8-9-24-20/h3-5,8-10,12-14H,6-7,11,15-16H2,1-2H3,(H,25,29). The molecular formula is C22H26N6O2. The predicted octanol–water partition coefficient (Wildman–Crippen LogP) is 1.63. The summed E-state index contributed by atoms with van der Waals surface area (Å²) in [5, 5.41) is 7.31. The number of hydrogen-bond donors (Lipinski definition) is 1. The van der Waals surface area contributed by atoms with Gasteiger partial charge in [-0.3, -0.25) is 14.5 Å². The van der Waals surface area contributed by atoms with E-state index in [0.29, 0.717) is 26.1 Å². The Morgan fingerprint density at radius 1 is 1.23 bits per heavy atom. The molecule has 1 saturated heterocycles.